The van der Waals surface area contributed by atoms with Crippen LogP contribution in [0.25, 0.3) is 0 Å². The number of ether oxygens (including phenoxy) is 1. The van der Waals surface area contributed by atoms with E-state index in [1.165, 1.54) is 25.4 Å². The average Bonchev–Trinajstić information content (AvgIpc) is 2.36. The molecule has 0 saturated carbocycles. The van der Waals surface area contributed by atoms with Crippen LogP contribution in [0.5, 0.6) is 5.75 Å². The fourth-order valence-corrected chi connectivity index (χ4v) is 1.73. The van der Waals surface area contributed by atoms with Crippen molar-refractivity contribution in [2.24, 2.45) is 0 Å². The van der Waals surface area contributed by atoms with E-state index in [-0.39, 0.29) is 11.0 Å². The molecule has 0 aliphatic rings. The molecule has 94 valence electrons. The highest BCUT2D eigenvalue weighted by Gasteiger charge is 2.07. The van der Waals surface area contributed by atoms with E-state index in [1.807, 2.05) is 0 Å². The first kappa shape index (κ1) is 13.0. The first-order valence-electron chi connectivity index (χ1n) is 4.89. The maximum atomic E-state index is 13.2. The topological polar surface area (TPSA) is 47.0 Å². The highest BCUT2D eigenvalue weighted by molar-refractivity contribution is 9.10. The van der Waals surface area contributed by atoms with Gasteiger partial charge in [0, 0.05) is 18.0 Å². The fourth-order valence-electron chi connectivity index (χ4n) is 1.31. The van der Waals surface area contributed by atoms with E-state index in [0.717, 1.165) is 0 Å². The lowest BCUT2D eigenvalue weighted by Gasteiger charge is -2.09. The minimum Gasteiger partial charge on any atom is -0.494 e. The van der Waals surface area contributed by atoms with Crippen LogP contribution in [0.2, 0.25) is 5.28 Å². The smallest absolute Gasteiger partial charge is 0.224 e. The molecule has 0 saturated heterocycles. The summed E-state index contributed by atoms with van der Waals surface area (Å²) >= 11 is 8.99. The molecular formula is C11H8BrClFN3O. The van der Waals surface area contributed by atoms with E-state index in [0.29, 0.717) is 16.0 Å². The first-order valence-corrected chi connectivity index (χ1v) is 6.06. The summed E-state index contributed by atoms with van der Waals surface area (Å²) in [5, 5.41) is 3.11. The van der Waals surface area contributed by atoms with Crippen molar-refractivity contribution in [2.75, 3.05) is 12.4 Å². The van der Waals surface area contributed by atoms with E-state index < -0.39 is 5.82 Å². The molecule has 0 amide bonds. The van der Waals surface area contributed by atoms with Gasteiger partial charge in [0.1, 0.15) is 5.82 Å². The molecule has 1 heterocycles. The summed E-state index contributed by atoms with van der Waals surface area (Å²) < 4.78 is 18.8. The molecule has 7 heteroatoms. The zero-order chi connectivity index (χ0) is 13.1. The fraction of sp³-hybridized carbons (Fsp3) is 0.0909. The van der Waals surface area contributed by atoms with Crippen LogP contribution in [0.15, 0.2) is 28.9 Å². The number of methoxy groups -OCH3 is 1. The second-order valence-corrected chi connectivity index (χ2v) is 4.50. The molecule has 2 rings (SSSR count). The van der Waals surface area contributed by atoms with Crippen LogP contribution in [0.4, 0.5) is 15.9 Å². The Bertz CT molecular complexity index is 582. The van der Waals surface area contributed by atoms with Gasteiger partial charge in [-0.2, -0.15) is 4.98 Å². The van der Waals surface area contributed by atoms with Crippen molar-refractivity contribution in [1.29, 1.82) is 0 Å². The number of aromatic nitrogens is 2. The Balaban J connectivity index is 2.31. The van der Waals surface area contributed by atoms with Crippen molar-refractivity contribution in [2.45, 2.75) is 0 Å². The van der Waals surface area contributed by atoms with Gasteiger partial charge in [-0.3, -0.25) is 0 Å². The predicted octanol–water partition coefficient (Wildman–Crippen LogP) is 3.78. The Labute approximate surface area is 116 Å². The van der Waals surface area contributed by atoms with Crippen LogP contribution < -0.4 is 10.1 Å². The molecule has 0 bridgehead atoms. The van der Waals surface area contributed by atoms with E-state index in [2.05, 4.69) is 31.2 Å². The summed E-state index contributed by atoms with van der Waals surface area (Å²) in [6.07, 6.45) is 1.53. The molecule has 1 aromatic heterocycles. The third kappa shape index (κ3) is 2.88. The second kappa shape index (κ2) is 5.49. The maximum Gasteiger partial charge on any atom is 0.224 e. The number of anilines is 2. The summed E-state index contributed by atoms with van der Waals surface area (Å²) in [4.78, 5) is 7.82. The van der Waals surface area contributed by atoms with Crippen LogP contribution >= 0.6 is 27.5 Å². The number of nitrogens with zero attached hydrogens (tertiary/aromatic N) is 2. The third-order valence-corrected chi connectivity index (χ3v) is 2.89. The predicted molar refractivity (Wildman–Crippen MR) is 71.0 cm³/mol. The van der Waals surface area contributed by atoms with Crippen molar-refractivity contribution in [1.82, 2.24) is 9.97 Å². The van der Waals surface area contributed by atoms with Gasteiger partial charge in [-0.05, 0) is 39.7 Å². The minimum absolute atomic E-state index is 0.120. The number of hydrogen-bond donors (Lipinski definition) is 1. The number of rotatable bonds is 3. The van der Waals surface area contributed by atoms with Gasteiger partial charge in [0.2, 0.25) is 5.28 Å². The molecule has 0 atom stereocenters. The standard InChI is InChI=1S/C11H8BrClFN3O/c1-18-9-4-6(2-3-8(9)14)16-10-7(12)5-15-11(13)17-10/h2-5H,1H3,(H,15,16,17). The Morgan fingerprint density at radius 3 is 2.94 bits per heavy atom. The van der Waals surface area contributed by atoms with Gasteiger partial charge < -0.3 is 10.1 Å². The van der Waals surface area contributed by atoms with Crippen LogP contribution in [0.3, 0.4) is 0 Å². The molecule has 0 radical (unpaired) electrons. The molecule has 18 heavy (non-hydrogen) atoms. The lowest BCUT2D eigenvalue weighted by molar-refractivity contribution is 0.387. The van der Waals surface area contributed by atoms with Crippen LogP contribution in [0, 0.1) is 5.82 Å². The molecule has 0 spiro atoms. The number of halogens is 3. The van der Waals surface area contributed by atoms with Gasteiger partial charge in [-0.25, -0.2) is 9.37 Å². The maximum absolute atomic E-state index is 13.2. The number of benzene rings is 1. The summed E-state index contributed by atoms with van der Waals surface area (Å²) in [6.45, 7) is 0. The number of nitrogens with one attached hydrogen (secondary N) is 1. The monoisotopic (exact) mass is 331 g/mol. The molecule has 0 unspecified atom stereocenters. The van der Waals surface area contributed by atoms with Gasteiger partial charge in [-0.1, -0.05) is 0 Å². The van der Waals surface area contributed by atoms with E-state index in [4.69, 9.17) is 16.3 Å². The van der Waals surface area contributed by atoms with Gasteiger partial charge in [0.25, 0.3) is 0 Å². The quantitative estimate of drug-likeness (QED) is 0.869. The van der Waals surface area contributed by atoms with E-state index >= 15 is 0 Å². The molecule has 0 aliphatic heterocycles. The Kier molecular flexibility index (Phi) is 3.98. The normalized spacial score (nSPS) is 10.2. The average molecular weight is 333 g/mol. The van der Waals surface area contributed by atoms with Crippen LogP contribution in [-0.4, -0.2) is 17.1 Å². The third-order valence-electron chi connectivity index (χ3n) is 2.13. The Hall–Kier alpha value is -1.40. The lowest BCUT2D eigenvalue weighted by Crippen LogP contribution is -1.97. The zero-order valence-electron chi connectivity index (χ0n) is 9.25. The van der Waals surface area contributed by atoms with Gasteiger partial charge >= 0.3 is 0 Å². The Morgan fingerprint density at radius 2 is 2.22 bits per heavy atom. The van der Waals surface area contributed by atoms with E-state index in [1.54, 1.807) is 6.07 Å². The molecule has 0 fully saturated rings. The van der Waals surface area contributed by atoms with Gasteiger partial charge in [-0.15, -0.1) is 0 Å². The molecule has 0 aliphatic carbocycles. The van der Waals surface area contributed by atoms with Crippen molar-refractivity contribution in [3.63, 3.8) is 0 Å². The summed E-state index contributed by atoms with van der Waals surface area (Å²) in [6, 6.07) is 4.40. The summed E-state index contributed by atoms with van der Waals surface area (Å²) in [5.41, 5.74) is 0.628. The second-order valence-electron chi connectivity index (χ2n) is 3.31. The van der Waals surface area contributed by atoms with Gasteiger partial charge in [0.05, 0.1) is 11.6 Å². The molecule has 4 nitrogen and oxygen atoms in total. The SMILES string of the molecule is COc1cc(Nc2nc(Cl)ncc2Br)ccc1F. The largest absolute Gasteiger partial charge is 0.494 e. The highest BCUT2D eigenvalue weighted by Crippen LogP contribution is 2.27. The van der Waals surface area contributed by atoms with Crippen molar-refractivity contribution >= 4 is 39.0 Å². The number of hydrogen-bond acceptors (Lipinski definition) is 4. The molecule has 1 aromatic carbocycles. The molecule has 1 N–H and O–H groups in total. The molecule has 2 aromatic rings. The summed E-state index contributed by atoms with van der Waals surface area (Å²) in [7, 11) is 1.40. The summed E-state index contributed by atoms with van der Waals surface area (Å²) in [5.74, 6) is 0.211. The van der Waals surface area contributed by atoms with Crippen LogP contribution in [0.1, 0.15) is 0 Å². The zero-order valence-corrected chi connectivity index (χ0v) is 11.6. The Morgan fingerprint density at radius 1 is 1.44 bits per heavy atom. The van der Waals surface area contributed by atoms with Crippen molar-refractivity contribution < 1.29 is 9.13 Å². The first-order chi connectivity index (χ1) is 8.60. The lowest BCUT2D eigenvalue weighted by atomic mass is 10.3. The van der Waals surface area contributed by atoms with E-state index in [9.17, 15) is 4.39 Å². The van der Waals surface area contributed by atoms with Crippen molar-refractivity contribution in [3.8, 4) is 5.75 Å². The van der Waals surface area contributed by atoms with Gasteiger partial charge in [0.15, 0.2) is 11.6 Å². The van der Waals surface area contributed by atoms with Crippen LogP contribution in [-0.2, 0) is 0 Å². The van der Waals surface area contributed by atoms with Crippen molar-refractivity contribution in [3.05, 3.63) is 40.0 Å². The minimum atomic E-state index is -0.428. The highest BCUT2D eigenvalue weighted by atomic mass is 79.9. The molecular weight excluding hydrogens is 324 g/mol.